The van der Waals surface area contributed by atoms with E-state index >= 15 is 0 Å². The van der Waals surface area contributed by atoms with E-state index in [1.54, 1.807) is 7.05 Å². The van der Waals surface area contributed by atoms with E-state index in [1.165, 1.54) is 16.8 Å². The maximum Gasteiger partial charge on any atom is 0.243 e. The Hall–Kier alpha value is -2.42. The van der Waals surface area contributed by atoms with E-state index in [1.807, 2.05) is 12.2 Å². The van der Waals surface area contributed by atoms with Crippen molar-refractivity contribution in [2.24, 2.45) is 5.92 Å². The van der Waals surface area contributed by atoms with Gasteiger partial charge in [0, 0.05) is 20.5 Å². The second-order valence-corrected chi connectivity index (χ2v) is 8.69. The Labute approximate surface area is 177 Å². The molecule has 3 aliphatic rings. The van der Waals surface area contributed by atoms with Crippen LogP contribution in [0, 0.1) is 5.92 Å². The Morgan fingerprint density at radius 3 is 2.67 bits per heavy atom. The molecule has 2 N–H and O–H groups in total. The highest BCUT2D eigenvalue weighted by Gasteiger charge is 2.44. The second kappa shape index (κ2) is 9.59. The van der Waals surface area contributed by atoms with Gasteiger partial charge in [-0.2, -0.15) is 0 Å². The van der Waals surface area contributed by atoms with E-state index in [2.05, 4.69) is 10.6 Å². The normalized spacial score (nSPS) is 26.7. The molecule has 1 aliphatic heterocycles. The summed E-state index contributed by atoms with van der Waals surface area (Å²) in [6.07, 6.45) is 8.26. The number of nitrogens with one attached hydrogen (secondary N) is 2. The molecule has 9 nitrogen and oxygen atoms in total. The molecular weight excluding hydrogens is 388 g/mol. The first-order valence-corrected chi connectivity index (χ1v) is 10.6. The number of likely N-dealkylation sites (N-methyl/N-ethyl adjacent to an activating group) is 2. The van der Waals surface area contributed by atoms with Gasteiger partial charge in [-0.15, -0.1) is 0 Å². The van der Waals surface area contributed by atoms with E-state index in [-0.39, 0.29) is 42.3 Å². The Bertz CT molecular complexity index is 714. The van der Waals surface area contributed by atoms with Crippen molar-refractivity contribution < 1.29 is 23.9 Å². The largest absolute Gasteiger partial charge is 0.375 e. The number of carbonyl (C=O) groups is 4. The van der Waals surface area contributed by atoms with Crippen LogP contribution in [0.2, 0.25) is 0 Å². The molecule has 3 rings (SSSR count). The fraction of sp³-hybridized carbons (Fsp3) is 0.714. The molecule has 1 spiro atoms. The molecule has 166 valence electrons. The zero-order valence-corrected chi connectivity index (χ0v) is 17.8. The molecule has 2 saturated carbocycles. The van der Waals surface area contributed by atoms with Crippen molar-refractivity contribution in [1.29, 1.82) is 0 Å². The highest BCUT2D eigenvalue weighted by Crippen LogP contribution is 2.35. The second-order valence-electron chi connectivity index (χ2n) is 8.69. The highest BCUT2D eigenvalue weighted by molar-refractivity contribution is 5.91. The van der Waals surface area contributed by atoms with Crippen LogP contribution in [0.1, 0.15) is 38.5 Å². The summed E-state index contributed by atoms with van der Waals surface area (Å²) in [5, 5.41) is 5.57. The molecule has 0 aromatic rings. The van der Waals surface area contributed by atoms with Gasteiger partial charge in [0.1, 0.15) is 6.04 Å². The van der Waals surface area contributed by atoms with Crippen LogP contribution in [-0.2, 0) is 23.9 Å². The van der Waals surface area contributed by atoms with Gasteiger partial charge in [0.05, 0.1) is 31.8 Å². The third-order valence-electron chi connectivity index (χ3n) is 5.92. The lowest BCUT2D eigenvalue weighted by atomic mass is 10.1. The van der Waals surface area contributed by atoms with Crippen molar-refractivity contribution in [1.82, 2.24) is 20.4 Å². The number of carbonyl (C=O) groups excluding carboxylic acids is 4. The molecule has 2 aliphatic carbocycles. The number of hydrogen-bond acceptors (Lipinski definition) is 5. The summed E-state index contributed by atoms with van der Waals surface area (Å²) in [5.41, 5.74) is -0.335. The van der Waals surface area contributed by atoms with Gasteiger partial charge in [0.15, 0.2) is 0 Å². The van der Waals surface area contributed by atoms with E-state index in [0.717, 1.165) is 25.7 Å². The standard InChI is InChI=1S/C21H32N4O5/c1-24-13-17(26)23-21(8-9-21)14-30-10-4-3-5-16(20(29)22-12-19(24)28)25(2)18(27)11-15-6-7-15/h3-4,15-16H,5-14H2,1-2H3,(H,22,29)(H,23,26)/b4-3+. The first-order chi connectivity index (χ1) is 14.3. The van der Waals surface area contributed by atoms with E-state index in [4.69, 9.17) is 4.74 Å². The van der Waals surface area contributed by atoms with Gasteiger partial charge in [0.2, 0.25) is 23.6 Å². The van der Waals surface area contributed by atoms with Crippen molar-refractivity contribution in [3.8, 4) is 0 Å². The summed E-state index contributed by atoms with van der Waals surface area (Å²) in [4.78, 5) is 52.6. The fourth-order valence-corrected chi connectivity index (χ4v) is 3.45. The molecule has 30 heavy (non-hydrogen) atoms. The van der Waals surface area contributed by atoms with Crippen LogP contribution in [-0.4, -0.2) is 85.4 Å². The summed E-state index contributed by atoms with van der Waals surface area (Å²) < 4.78 is 5.68. The van der Waals surface area contributed by atoms with Crippen molar-refractivity contribution in [3.05, 3.63) is 12.2 Å². The zero-order valence-electron chi connectivity index (χ0n) is 17.8. The SMILES string of the molecule is CN1CC(=O)NC2(CC2)COC/C=C/CC(N(C)C(=O)CC2CC2)C(=O)NCC1=O. The smallest absolute Gasteiger partial charge is 0.243 e. The summed E-state index contributed by atoms with van der Waals surface area (Å²) in [6.45, 7) is 0.468. The maximum atomic E-state index is 12.7. The molecule has 4 amide bonds. The molecule has 1 heterocycles. The average Bonchev–Trinajstić information content (AvgIpc) is 3.62. The van der Waals surface area contributed by atoms with Gasteiger partial charge in [-0.3, -0.25) is 19.2 Å². The van der Waals surface area contributed by atoms with Crippen LogP contribution in [0.4, 0.5) is 0 Å². The lowest BCUT2D eigenvalue weighted by Gasteiger charge is -2.27. The quantitative estimate of drug-likeness (QED) is 0.616. The third kappa shape index (κ3) is 6.29. The molecule has 0 saturated heterocycles. The van der Waals surface area contributed by atoms with E-state index < -0.39 is 6.04 Å². The minimum atomic E-state index is -0.698. The maximum absolute atomic E-state index is 12.7. The highest BCUT2D eigenvalue weighted by atomic mass is 16.5. The van der Waals surface area contributed by atoms with Gasteiger partial charge in [0.25, 0.3) is 0 Å². The van der Waals surface area contributed by atoms with Crippen LogP contribution in [0.15, 0.2) is 12.2 Å². The number of hydrogen-bond donors (Lipinski definition) is 2. The van der Waals surface area contributed by atoms with Gasteiger partial charge >= 0.3 is 0 Å². The Balaban J connectivity index is 1.67. The van der Waals surface area contributed by atoms with Crippen molar-refractivity contribution in [3.63, 3.8) is 0 Å². The molecule has 9 heteroatoms. The first-order valence-electron chi connectivity index (χ1n) is 10.6. The molecule has 0 aromatic carbocycles. The fourth-order valence-electron chi connectivity index (χ4n) is 3.45. The van der Waals surface area contributed by atoms with Crippen molar-refractivity contribution in [2.45, 2.75) is 50.1 Å². The van der Waals surface area contributed by atoms with Gasteiger partial charge in [-0.1, -0.05) is 12.2 Å². The number of nitrogens with zero attached hydrogens (tertiary/aromatic N) is 2. The predicted molar refractivity (Wildman–Crippen MR) is 109 cm³/mol. The lowest BCUT2D eigenvalue weighted by Crippen LogP contribution is -2.51. The Morgan fingerprint density at radius 1 is 1.27 bits per heavy atom. The molecule has 0 bridgehead atoms. The van der Waals surface area contributed by atoms with Crippen LogP contribution in [0.25, 0.3) is 0 Å². The third-order valence-corrected chi connectivity index (χ3v) is 5.92. The van der Waals surface area contributed by atoms with Crippen LogP contribution in [0.5, 0.6) is 0 Å². The van der Waals surface area contributed by atoms with Gasteiger partial charge < -0.3 is 25.2 Å². The van der Waals surface area contributed by atoms with Crippen LogP contribution in [0.3, 0.4) is 0 Å². The topological polar surface area (TPSA) is 108 Å². The molecule has 1 atom stereocenters. The number of amides is 4. The van der Waals surface area contributed by atoms with Gasteiger partial charge in [-0.05, 0) is 38.0 Å². The number of ether oxygens (including phenoxy) is 1. The Kier molecular flexibility index (Phi) is 7.12. The van der Waals surface area contributed by atoms with E-state index in [0.29, 0.717) is 32.0 Å². The molecule has 0 radical (unpaired) electrons. The molecular formula is C21H32N4O5. The van der Waals surface area contributed by atoms with Crippen LogP contribution >= 0.6 is 0 Å². The van der Waals surface area contributed by atoms with Gasteiger partial charge in [-0.25, -0.2) is 0 Å². The molecule has 1 unspecified atom stereocenters. The molecule has 0 aromatic heterocycles. The zero-order chi connectivity index (χ0) is 21.7. The number of rotatable bonds is 3. The lowest BCUT2D eigenvalue weighted by molar-refractivity contribution is -0.140. The van der Waals surface area contributed by atoms with Crippen LogP contribution < -0.4 is 10.6 Å². The molecule has 2 fully saturated rings. The minimum Gasteiger partial charge on any atom is -0.375 e. The van der Waals surface area contributed by atoms with Crippen molar-refractivity contribution in [2.75, 3.05) is 40.4 Å². The summed E-state index contributed by atoms with van der Waals surface area (Å²) in [7, 11) is 3.16. The Morgan fingerprint density at radius 2 is 2.00 bits per heavy atom. The van der Waals surface area contributed by atoms with E-state index in [9.17, 15) is 19.2 Å². The average molecular weight is 421 g/mol. The van der Waals surface area contributed by atoms with Crippen molar-refractivity contribution >= 4 is 23.6 Å². The first kappa shape index (κ1) is 22.3. The predicted octanol–water partition coefficient (Wildman–Crippen LogP) is -0.187. The summed E-state index contributed by atoms with van der Waals surface area (Å²) >= 11 is 0. The summed E-state index contributed by atoms with van der Waals surface area (Å²) in [6, 6.07) is -0.698. The minimum absolute atomic E-state index is 0.0625. The monoisotopic (exact) mass is 420 g/mol. The summed E-state index contributed by atoms with van der Waals surface area (Å²) in [5.74, 6) is -0.638.